The number of amides is 1. The van der Waals surface area contributed by atoms with Gasteiger partial charge in [-0.05, 0) is 31.4 Å². The number of Topliss-reactive ketones (excluding diaryl/α,β-unsaturated/α-hetero) is 1. The Morgan fingerprint density at radius 3 is 2.52 bits per heavy atom. The molecule has 0 bridgehead atoms. The minimum Gasteiger partial charge on any atom is -0.388 e. The highest BCUT2D eigenvalue weighted by Gasteiger charge is 2.32. The third-order valence-corrected chi connectivity index (χ3v) is 3.77. The number of hydrogen-bond donors (Lipinski definition) is 1. The van der Waals surface area contributed by atoms with E-state index in [1.165, 1.54) is 0 Å². The molecule has 0 aromatic heterocycles. The molecule has 0 aliphatic carbocycles. The highest BCUT2D eigenvalue weighted by molar-refractivity contribution is 6.14. The van der Waals surface area contributed by atoms with Crippen molar-refractivity contribution < 1.29 is 9.59 Å². The lowest BCUT2D eigenvalue weighted by Crippen LogP contribution is -2.41. The highest BCUT2D eigenvalue weighted by Crippen LogP contribution is 2.21. The monoisotopic (exact) mass is 285 g/mol. The summed E-state index contributed by atoms with van der Waals surface area (Å²) in [5.41, 5.74) is 1.02. The number of nitriles is 1. The first-order valence-electron chi connectivity index (χ1n) is 7.18. The molecule has 0 saturated carbocycles. The second-order valence-corrected chi connectivity index (χ2v) is 5.11. The predicted molar refractivity (Wildman–Crippen MR) is 79.9 cm³/mol. The Bertz CT molecular complexity index is 571. The smallest absolute Gasteiger partial charge is 0.247 e. The van der Waals surface area contributed by atoms with Crippen LogP contribution in [0, 0.1) is 17.2 Å². The maximum atomic E-state index is 12.5. The first kappa shape index (κ1) is 15.0. The van der Waals surface area contributed by atoms with Crippen molar-refractivity contribution in [3.63, 3.8) is 0 Å². The molecular formula is C16H19N3O2. The second-order valence-electron chi connectivity index (χ2n) is 5.11. The summed E-state index contributed by atoms with van der Waals surface area (Å²) in [6.45, 7) is 1.27. The number of hydrogen-bond acceptors (Lipinski definition) is 4. The van der Waals surface area contributed by atoms with Gasteiger partial charge < -0.3 is 10.2 Å². The number of carbonyl (C=O) groups excluding carboxylic acids is 2. The summed E-state index contributed by atoms with van der Waals surface area (Å²) in [7, 11) is 1.71. The Hall–Kier alpha value is -2.35. The summed E-state index contributed by atoms with van der Waals surface area (Å²) in [6.07, 6.45) is 2.97. The van der Waals surface area contributed by atoms with Gasteiger partial charge in [-0.2, -0.15) is 5.26 Å². The van der Waals surface area contributed by atoms with Crippen molar-refractivity contribution in [3.05, 3.63) is 29.8 Å². The molecular weight excluding hydrogens is 266 g/mol. The quantitative estimate of drug-likeness (QED) is 0.679. The van der Waals surface area contributed by atoms with Crippen molar-refractivity contribution in [2.24, 2.45) is 5.92 Å². The van der Waals surface area contributed by atoms with Crippen molar-refractivity contribution in [1.29, 1.82) is 5.26 Å². The van der Waals surface area contributed by atoms with E-state index < -0.39 is 11.7 Å². The zero-order chi connectivity index (χ0) is 15.2. The Balaban J connectivity index is 2.22. The summed E-state index contributed by atoms with van der Waals surface area (Å²) in [5.74, 6) is -2.05. The summed E-state index contributed by atoms with van der Waals surface area (Å²) in [5, 5.41) is 12.2. The van der Waals surface area contributed by atoms with Crippen LogP contribution in [0.15, 0.2) is 24.3 Å². The number of benzene rings is 1. The average Bonchev–Trinajstić information content (AvgIpc) is 2.56. The minimum absolute atomic E-state index is 0.367. The van der Waals surface area contributed by atoms with Gasteiger partial charge in [-0.3, -0.25) is 9.59 Å². The minimum atomic E-state index is -1.25. The molecule has 5 heteroatoms. The molecule has 1 saturated heterocycles. The molecule has 110 valence electrons. The van der Waals surface area contributed by atoms with Crippen LogP contribution in [0.5, 0.6) is 0 Å². The Labute approximate surface area is 124 Å². The molecule has 0 spiro atoms. The maximum Gasteiger partial charge on any atom is 0.247 e. The number of anilines is 1. The number of piperidine rings is 1. The SMILES string of the molecule is CNc1ccccc1C(=O)C(C#N)C(=O)N1CCCCC1. The molecule has 2 rings (SSSR count). The normalized spacial score (nSPS) is 15.9. The van der Waals surface area contributed by atoms with Crippen LogP contribution in [0.4, 0.5) is 5.69 Å². The number of carbonyl (C=O) groups is 2. The Morgan fingerprint density at radius 2 is 1.90 bits per heavy atom. The Morgan fingerprint density at radius 1 is 1.24 bits per heavy atom. The summed E-state index contributed by atoms with van der Waals surface area (Å²) in [4.78, 5) is 26.6. The number of rotatable bonds is 4. The van der Waals surface area contributed by atoms with Gasteiger partial charge in [-0.15, -0.1) is 0 Å². The molecule has 1 unspecified atom stereocenters. The van der Waals surface area contributed by atoms with Gasteiger partial charge in [0.05, 0.1) is 6.07 Å². The fourth-order valence-corrected chi connectivity index (χ4v) is 2.59. The lowest BCUT2D eigenvalue weighted by Gasteiger charge is -2.28. The van der Waals surface area contributed by atoms with Crippen LogP contribution < -0.4 is 5.32 Å². The van der Waals surface area contributed by atoms with E-state index in [0.29, 0.717) is 24.3 Å². The topological polar surface area (TPSA) is 73.2 Å². The van der Waals surface area contributed by atoms with Gasteiger partial charge >= 0.3 is 0 Å². The maximum absolute atomic E-state index is 12.5. The van der Waals surface area contributed by atoms with Crippen molar-refractivity contribution in [3.8, 4) is 6.07 Å². The average molecular weight is 285 g/mol. The van der Waals surface area contributed by atoms with Gasteiger partial charge in [0.25, 0.3) is 0 Å². The van der Waals surface area contributed by atoms with E-state index in [9.17, 15) is 14.9 Å². The molecule has 1 aromatic carbocycles. The Kier molecular flexibility index (Phi) is 4.94. The van der Waals surface area contributed by atoms with Crippen LogP contribution in [-0.4, -0.2) is 36.7 Å². The van der Waals surface area contributed by atoms with E-state index >= 15 is 0 Å². The van der Waals surface area contributed by atoms with E-state index in [1.807, 2.05) is 6.07 Å². The molecule has 5 nitrogen and oxygen atoms in total. The first-order chi connectivity index (χ1) is 10.2. The van der Waals surface area contributed by atoms with E-state index in [2.05, 4.69) is 5.32 Å². The molecule has 1 aliphatic heterocycles. The van der Waals surface area contributed by atoms with Crippen LogP contribution in [0.25, 0.3) is 0 Å². The molecule has 21 heavy (non-hydrogen) atoms. The van der Waals surface area contributed by atoms with E-state index in [-0.39, 0.29) is 5.91 Å². The zero-order valence-electron chi connectivity index (χ0n) is 12.1. The molecule has 1 aromatic rings. The van der Waals surface area contributed by atoms with E-state index in [0.717, 1.165) is 19.3 Å². The number of likely N-dealkylation sites (tertiary alicyclic amines) is 1. The second kappa shape index (κ2) is 6.89. The van der Waals surface area contributed by atoms with Crippen LogP contribution in [0.2, 0.25) is 0 Å². The summed E-state index contributed by atoms with van der Waals surface area (Å²) >= 11 is 0. The lowest BCUT2D eigenvalue weighted by molar-refractivity contribution is -0.133. The summed E-state index contributed by atoms with van der Waals surface area (Å²) < 4.78 is 0. The van der Waals surface area contributed by atoms with Gasteiger partial charge in [-0.25, -0.2) is 0 Å². The molecule has 1 heterocycles. The highest BCUT2D eigenvalue weighted by atomic mass is 16.2. The van der Waals surface area contributed by atoms with Crippen molar-refractivity contribution in [2.75, 3.05) is 25.5 Å². The summed E-state index contributed by atoms with van der Waals surface area (Å²) in [6, 6.07) is 8.81. The zero-order valence-corrected chi connectivity index (χ0v) is 12.1. The number of nitrogens with one attached hydrogen (secondary N) is 1. The van der Waals surface area contributed by atoms with Crippen LogP contribution in [0.1, 0.15) is 29.6 Å². The molecule has 1 fully saturated rings. The molecule has 1 aliphatic rings. The number of nitrogens with zero attached hydrogens (tertiary/aromatic N) is 2. The number of ketones is 1. The molecule has 1 amide bonds. The van der Waals surface area contributed by atoms with E-state index in [4.69, 9.17) is 0 Å². The van der Waals surface area contributed by atoms with Gasteiger partial charge in [-0.1, -0.05) is 12.1 Å². The molecule has 0 radical (unpaired) electrons. The van der Waals surface area contributed by atoms with Gasteiger partial charge in [0.2, 0.25) is 5.91 Å². The van der Waals surface area contributed by atoms with E-state index in [1.54, 1.807) is 36.2 Å². The standard InChI is InChI=1S/C16H19N3O2/c1-18-14-8-4-3-7-12(14)15(20)13(11-17)16(21)19-9-5-2-6-10-19/h3-4,7-8,13,18H,2,5-6,9-10H2,1H3. The first-order valence-corrected chi connectivity index (χ1v) is 7.18. The third-order valence-electron chi connectivity index (χ3n) is 3.77. The van der Waals surface area contributed by atoms with Crippen LogP contribution in [0.3, 0.4) is 0 Å². The van der Waals surface area contributed by atoms with Crippen molar-refractivity contribution >= 4 is 17.4 Å². The van der Waals surface area contributed by atoms with Crippen molar-refractivity contribution in [1.82, 2.24) is 4.90 Å². The van der Waals surface area contributed by atoms with Crippen LogP contribution >= 0.6 is 0 Å². The molecule has 1 atom stereocenters. The van der Waals surface area contributed by atoms with Gasteiger partial charge in [0.15, 0.2) is 11.7 Å². The largest absolute Gasteiger partial charge is 0.388 e. The predicted octanol–water partition coefficient (Wildman–Crippen LogP) is 2.06. The third kappa shape index (κ3) is 3.22. The van der Waals surface area contributed by atoms with Crippen molar-refractivity contribution in [2.45, 2.75) is 19.3 Å². The van der Waals surface area contributed by atoms with Gasteiger partial charge in [0.1, 0.15) is 0 Å². The fraction of sp³-hybridized carbons (Fsp3) is 0.438. The number of para-hydroxylation sites is 1. The lowest BCUT2D eigenvalue weighted by atomic mass is 9.95. The van der Waals surface area contributed by atoms with Gasteiger partial charge in [0, 0.05) is 31.4 Å². The fourth-order valence-electron chi connectivity index (χ4n) is 2.59. The van der Waals surface area contributed by atoms with Crippen LogP contribution in [-0.2, 0) is 4.79 Å². The molecule has 1 N–H and O–H groups in total.